The van der Waals surface area contributed by atoms with Gasteiger partial charge in [-0.15, -0.1) is 0 Å². The van der Waals surface area contributed by atoms with Gasteiger partial charge >= 0.3 is 0 Å². The van der Waals surface area contributed by atoms with Gasteiger partial charge < -0.3 is 20.7 Å². The fourth-order valence-corrected chi connectivity index (χ4v) is 1.92. The summed E-state index contributed by atoms with van der Waals surface area (Å²) in [5, 5.41) is 3.22. The first-order chi connectivity index (χ1) is 10.1. The van der Waals surface area contributed by atoms with Gasteiger partial charge in [-0.3, -0.25) is 0 Å². The Hall–Kier alpha value is -2.50. The molecule has 0 bridgehead atoms. The lowest BCUT2D eigenvalue weighted by Crippen LogP contribution is -2.14. The minimum absolute atomic E-state index is 0.251. The number of nitrogen functional groups attached to an aromatic ring is 1. The van der Waals surface area contributed by atoms with Gasteiger partial charge in [-0.2, -0.15) is 9.97 Å². The molecule has 6 nitrogen and oxygen atoms in total. The zero-order valence-electron chi connectivity index (χ0n) is 12.6. The Morgan fingerprint density at radius 1 is 1.29 bits per heavy atom. The third-order valence-corrected chi connectivity index (χ3v) is 3.07. The van der Waals surface area contributed by atoms with Crippen LogP contribution in [0.4, 0.5) is 23.3 Å². The Bertz CT molecular complexity index is 602. The monoisotopic (exact) mass is 287 g/mol. The largest absolute Gasteiger partial charge is 0.497 e. The molecule has 1 aromatic heterocycles. The third kappa shape index (κ3) is 3.75. The summed E-state index contributed by atoms with van der Waals surface area (Å²) < 4.78 is 5.24. The molecule has 2 rings (SSSR count). The van der Waals surface area contributed by atoms with Crippen LogP contribution in [0.1, 0.15) is 13.3 Å². The van der Waals surface area contributed by atoms with Gasteiger partial charge in [-0.1, -0.05) is 13.0 Å². The van der Waals surface area contributed by atoms with Crippen molar-refractivity contribution < 1.29 is 4.74 Å². The number of aromatic nitrogens is 2. The second-order valence-electron chi connectivity index (χ2n) is 4.66. The maximum absolute atomic E-state index is 5.79. The van der Waals surface area contributed by atoms with Gasteiger partial charge in [0, 0.05) is 31.4 Å². The van der Waals surface area contributed by atoms with Crippen molar-refractivity contribution >= 4 is 23.3 Å². The lowest BCUT2D eigenvalue weighted by Gasteiger charge is -2.20. The van der Waals surface area contributed by atoms with Crippen LogP contribution < -0.4 is 20.7 Å². The highest BCUT2D eigenvalue weighted by atomic mass is 16.5. The van der Waals surface area contributed by atoms with Crippen LogP contribution in [0.5, 0.6) is 5.75 Å². The number of nitrogens with two attached hydrogens (primary N) is 1. The van der Waals surface area contributed by atoms with Gasteiger partial charge in [0.25, 0.3) is 0 Å². The van der Waals surface area contributed by atoms with E-state index in [-0.39, 0.29) is 5.95 Å². The summed E-state index contributed by atoms with van der Waals surface area (Å²) >= 11 is 0. The third-order valence-electron chi connectivity index (χ3n) is 3.07. The maximum atomic E-state index is 5.79. The van der Waals surface area contributed by atoms with Gasteiger partial charge in [-0.25, -0.2) is 0 Å². The molecule has 0 atom stereocenters. The molecule has 0 amide bonds. The van der Waals surface area contributed by atoms with E-state index < -0.39 is 0 Å². The number of nitrogens with one attached hydrogen (secondary N) is 1. The van der Waals surface area contributed by atoms with Crippen LogP contribution >= 0.6 is 0 Å². The second-order valence-corrected chi connectivity index (χ2v) is 4.66. The molecule has 0 saturated carbocycles. The van der Waals surface area contributed by atoms with Crippen LogP contribution in [0.25, 0.3) is 0 Å². The molecule has 1 heterocycles. The zero-order chi connectivity index (χ0) is 15.2. The van der Waals surface area contributed by atoms with E-state index in [1.54, 1.807) is 7.11 Å². The summed E-state index contributed by atoms with van der Waals surface area (Å²) in [5.41, 5.74) is 6.76. The second kappa shape index (κ2) is 6.78. The van der Waals surface area contributed by atoms with E-state index in [0.29, 0.717) is 0 Å². The molecule has 0 radical (unpaired) electrons. The molecule has 0 saturated heterocycles. The summed E-state index contributed by atoms with van der Waals surface area (Å²) in [5.74, 6) is 2.51. The van der Waals surface area contributed by atoms with E-state index in [1.807, 2.05) is 42.3 Å². The smallest absolute Gasteiger partial charge is 0.223 e. The summed E-state index contributed by atoms with van der Waals surface area (Å²) in [7, 11) is 3.58. The minimum atomic E-state index is 0.251. The van der Waals surface area contributed by atoms with Gasteiger partial charge in [-0.05, 0) is 18.6 Å². The van der Waals surface area contributed by atoms with Gasteiger partial charge in [0.1, 0.15) is 17.4 Å². The van der Waals surface area contributed by atoms with Crippen LogP contribution in [-0.2, 0) is 0 Å². The van der Waals surface area contributed by atoms with Crippen molar-refractivity contribution in [2.24, 2.45) is 0 Å². The number of anilines is 4. The van der Waals surface area contributed by atoms with Crippen molar-refractivity contribution in [3.05, 3.63) is 30.3 Å². The van der Waals surface area contributed by atoms with E-state index in [2.05, 4.69) is 22.2 Å². The normalized spacial score (nSPS) is 10.2. The molecule has 1 aromatic carbocycles. The quantitative estimate of drug-likeness (QED) is 0.850. The average molecular weight is 287 g/mol. The number of rotatable bonds is 6. The maximum Gasteiger partial charge on any atom is 0.223 e. The predicted molar refractivity (Wildman–Crippen MR) is 86.3 cm³/mol. The average Bonchev–Trinajstić information content (AvgIpc) is 2.51. The van der Waals surface area contributed by atoms with Gasteiger partial charge in [0.05, 0.1) is 7.11 Å². The highest BCUT2D eigenvalue weighted by Crippen LogP contribution is 2.27. The molecule has 6 heteroatoms. The summed E-state index contributed by atoms with van der Waals surface area (Å²) in [6, 6.07) is 9.65. The number of hydrogen-bond donors (Lipinski definition) is 2. The van der Waals surface area contributed by atoms with Crippen molar-refractivity contribution in [1.29, 1.82) is 0 Å². The Kier molecular flexibility index (Phi) is 4.81. The molecule has 0 aliphatic rings. The molecule has 3 N–H and O–H groups in total. The van der Waals surface area contributed by atoms with Crippen LogP contribution in [0.2, 0.25) is 0 Å². The fourth-order valence-electron chi connectivity index (χ4n) is 1.92. The van der Waals surface area contributed by atoms with E-state index in [4.69, 9.17) is 10.5 Å². The van der Waals surface area contributed by atoms with E-state index >= 15 is 0 Å². The molecule has 0 aliphatic carbocycles. The van der Waals surface area contributed by atoms with E-state index in [9.17, 15) is 0 Å². The van der Waals surface area contributed by atoms with Crippen molar-refractivity contribution in [2.45, 2.75) is 13.3 Å². The van der Waals surface area contributed by atoms with Crippen molar-refractivity contribution in [3.63, 3.8) is 0 Å². The number of methoxy groups -OCH3 is 1. The first-order valence-electron chi connectivity index (χ1n) is 6.90. The fraction of sp³-hybridized carbons (Fsp3) is 0.333. The standard InChI is InChI=1S/C15H21N5O/c1-4-8-17-13-10-14(19-15(16)18-13)20(2)11-6-5-7-12(9-11)21-3/h5-7,9-10H,4,8H2,1-3H3,(H3,16,17,18,19). The minimum Gasteiger partial charge on any atom is -0.497 e. The number of benzene rings is 1. The summed E-state index contributed by atoms with van der Waals surface area (Å²) in [6.07, 6.45) is 1.02. The first-order valence-corrected chi connectivity index (χ1v) is 6.90. The van der Waals surface area contributed by atoms with Crippen LogP contribution in [-0.4, -0.2) is 30.7 Å². The summed E-state index contributed by atoms with van der Waals surface area (Å²) in [6.45, 7) is 2.94. The first kappa shape index (κ1) is 14.9. The molecule has 2 aromatic rings. The van der Waals surface area contributed by atoms with Crippen LogP contribution in [0.3, 0.4) is 0 Å². The van der Waals surface area contributed by atoms with Crippen molar-refractivity contribution in [3.8, 4) is 5.75 Å². The topological polar surface area (TPSA) is 76.3 Å². The highest BCUT2D eigenvalue weighted by molar-refractivity contribution is 5.64. The number of nitrogens with zero attached hydrogens (tertiary/aromatic N) is 3. The Labute approximate surface area is 125 Å². The molecule has 21 heavy (non-hydrogen) atoms. The Morgan fingerprint density at radius 3 is 2.81 bits per heavy atom. The highest BCUT2D eigenvalue weighted by Gasteiger charge is 2.09. The van der Waals surface area contributed by atoms with Crippen LogP contribution in [0, 0.1) is 0 Å². The van der Waals surface area contributed by atoms with Gasteiger partial charge in [0.2, 0.25) is 5.95 Å². The molecular weight excluding hydrogens is 266 g/mol. The van der Waals surface area contributed by atoms with E-state index in [1.165, 1.54) is 0 Å². The Balaban J connectivity index is 2.28. The van der Waals surface area contributed by atoms with Crippen LogP contribution in [0.15, 0.2) is 30.3 Å². The van der Waals surface area contributed by atoms with Crippen molar-refractivity contribution in [1.82, 2.24) is 9.97 Å². The molecule has 0 aliphatic heterocycles. The lowest BCUT2D eigenvalue weighted by atomic mass is 10.2. The Morgan fingerprint density at radius 2 is 2.10 bits per heavy atom. The van der Waals surface area contributed by atoms with E-state index in [0.717, 1.165) is 36.0 Å². The number of ether oxygens (including phenoxy) is 1. The zero-order valence-corrected chi connectivity index (χ0v) is 12.6. The number of hydrogen-bond acceptors (Lipinski definition) is 6. The summed E-state index contributed by atoms with van der Waals surface area (Å²) in [4.78, 5) is 10.4. The molecule has 0 spiro atoms. The van der Waals surface area contributed by atoms with Gasteiger partial charge in [0.15, 0.2) is 0 Å². The molecule has 112 valence electrons. The molecule has 0 unspecified atom stereocenters. The SMILES string of the molecule is CCCNc1cc(N(C)c2cccc(OC)c2)nc(N)n1. The van der Waals surface area contributed by atoms with Crippen molar-refractivity contribution in [2.75, 3.05) is 36.7 Å². The predicted octanol–water partition coefficient (Wildman–Crippen LogP) is 2.66. The molecular formula is C15H21N5O. The molecule has 0 fully saturated rings. The lowest BCUT2D eigenvalue weighted by molar-refractivity contribution is 0.415.